The van der Waals surface area contributed by atoms with Crippen LogP contribution in [0.3, 0.4) is 0 Å². The summed E-state index contributed by atoms with van der Waals surface area (Å²) in [4.78, 5) is 5.12. The van der Waals surface area contributed by atoms with Gasteiger partial charge in [-0.1, -0.05) is 0 Å². The smallest absolute Gasteiger partial charge is 0.0816 e. The number of hydrogen-bond donors (Lipinski definition) is 2. The summed E-state index contributed by atoms with van der Waals surface area (Å²) in [6, 6.07) is 0. The van der Waals surface area contributed by atoms with Gasteiger partial charge in [-0.15, -0.1) is 11.8 Å². The second-order valence-electron chi connectivity index (χ2n) is 3.62. The largest absolute Gasteiger partial charge is 0.394 e. The molecule has 0 spiro atoms. The Balaban J connectivity index is 2.53. The number of aliphatic hydroxyl groups excluding tert-OH is 2. The van der Waals surface area contributed by atoms with E-state index >= 15 is 0 Å². The molecule has 1 aliphatic rings. The first-order valence-corrected chi connectivity index (χ1v) is 5.06. The van der Waals surface area contributed by atoms with E-state index in [1.165, 1.54) is 0 Å². The zero-order valence-corrected chi connectivity index (χ0v) is 8.71. The summed E-state index contributed by atoms with van der Waals surface area (Å²) in [5, 5.41) is 17.9. The minimum absolute atomic E-state index is 0.000735. The summed E-state index contributed by atoms with van der Waals surface area (Å²) in [7, 11) is 0. The average molecular weight is 201 g/mol. The predicted octanol–water partition coefficient (Wildman–Crippen LogP) is 1.17. The molecule has 0 fully saturated rings. The average Bonchev–Trinajstić information content (AvgIpc) is 2.02. The van der Waals surface area contributed by atoms with Crippen molar-refractivity contribution >= 4 is 18.0 Å². The predicted molar refractivity (Wildman–Crippen MR) is 56.0 cm³/mol. The van der Waals surface area contributed by atoms with E-state index in [2.05, 4.69) is 18.8 Å². The highest BCUT2D eigenvalue weighted by Crippen LogP contribution is 2.35. The lowest BCUT2D eigenvalue weighted by Gasteiger charge is -2.24. The summed E-state index contributed by atoms with van der Waals surface area (Å²) < 4.78 is -0.000735. The lowest BCUT2D eigenvalue weighted by atomic mass is 10.2. The quantitative estimate of drug-likeness (QED) is 0.720. The maximum Gasteiger partial charge on any atom is 0.0816 e. The van der Waals surface area contributed by atoms with Crippen molar-refractivity contribution in [3.8, 4) is 0 Å². The highest BCUT2D eigenvalue weighted by atomic mass is 32.2. The van der Waals surface area contributed by atoms with Gasteiger partial charge >= 0.3 is 0 Å². The Bertz CT molecular complexity index is 236. The van der Waals surface area contributed by atoms with Crippen molar-refractivity contribution in [1.82, 2.24) is 0 Å². The summed E-state index contributed by atoms with van der Waals surface area (Å²) in [5.41, 5.74) is 0. The molecule has 1 rings (SSSR count). The second kappa shape index (κ2) is 4.26. The van der Waals surface area contributed by atoms with Crippen LogP contribution >= 0.6 is 11.8 Å². The molecular weight excluding hydrogens is 186 g/mol. The fraction of sp³-hybridized carbons (Fsp3) is 0.667. The Morgan fingerprint density at radius 2 is 2.31 bits per heavy atom. The first-order chi connectivity index (χ1) is 6.03. The van der Waals surface area contributed by atoms with Crippen molar-refractivity contribution in [3.63, 3.8) is 0 Å². The number of aliphatic imine (C=N–C) groups is 1. The maximum absolute atomic E-state index is 9.22. The molecular formula is C9H15NO2S. The second-order valence-corrected chi connectivity index (χ2v) is 5.40. The summed E-state index contributed by atoms with van der Waals surface area (Å²) >= 11 is 1.67. The van der Waals surface area contributed by atoms with E-state index in [-0.39, 0.29) is 11.4 Å². The molecule has 13 heavy (non-hydrogen) atoms. The summed E-state index contributed by atoms with van der Waals surface area (Å²) in [5.74, 6) is 0. The standard InChI is InChI=1S/C9H15NO2S/c1-9(2)6-10-4-8(13-9)3-7(12)5-11/h4,6-7,11-12H,3,5H2,1-2H3. The van der Waals surface area contributed by atoms with Gasteiger partial charge in [0, 0.05) is 28.5 Å². The van der Waals surface area contributed by atoms with E-state index < -0.39 is 6.10 Å². The van der Waals surface area contributed by atoms with Crippen LogP contribution in [0.4, 0.5) is 0 Å². The van der Waals surface area contributed by atoms with Crippen LogP contribution in [0.25, 0.3) is 0 Å². The van der Waals surface area contributed by atoms with Gasteiger partial charge in [0.2, 0.25) is 0 Å². The highest BCUT2D eigenvalue weighted by Gasteiger charge is 2.21. The van der Waals surface area contributed by atoms with Gasteiger partial charge in [-0.3, -0.25) is 4.99 Å². The SMILES string of the molecule is CC1(C)C=NC=C(CC(O)CO)S1. The number of thioether (sulfide) groups is 1. The van der Waals surface area contributed by atoms with Crippen molar-refractivity contribution in [2.75, 3.05) is 6.61 Å². The Kier molecular flexibility index (Phi) is 3.53. The molecule has 1 heterocycles. The molecule has 2 N–H and O–H groups in total. The molecule has 0 aliphatic carbocycles. The molecule has 1 aliphatic heterocycles. The molecule has 0 bridgehead atoms. The van der Waals surface area contributed by atoms with E-state index in [9.17, 15) is 5.11 Å². The van der Waals surface area contributed by atoms with Gasteiger partial charge in [0.05, 0.1) is 12.7 Å². The molecule has 1 unspecified atom stereocenters. The zero-order valence-electron chi connectivity index (χ0n) is 7.90. The minimum atomic E-state index is -0.664. The van der Waals surface area contributed by atoms with E-state index in [1.54, 1.807) is 18.0 Å². The Morgan fingerprint density at radius 3 is 2.85 bits per heavy atom. The summed E-state index contributed by atoms with van der Waals surface area (Å²) in [6.07, 6.45) is 3.45. The minimum Gasteiger partial charge on any atom is -0.394 e. The van der Waals surface area contributed by atoms with Crippen molar-refractivity contribution in [2.24, 2.45) is 4.99 Å². The van der Waals surface area contributed by atoms with Gasteiger partial charge in [0.1, 0.15) is 0 Å². The molecule has 0 aromatic carbocycles. The first-order valence-electron chi connectivity index (χ1n) is 4.25. The van der Waals surface area contributed by atoms with Crippen LogP contribution in [0.5, 0.6) is 0 Å². The molecule has 0 saturated carbocycles. The van der Waals surface area contributed by atoms with Gasteiger partial charge in [0.15, 0.2) is 0 Å². The molecule has 3 nitrogen and oxygen atoms in total. The van der Waals surface area contributed by atoms with Crippen LogP contribution in [-0.4, -0.2) is 33.9 Å². The Morgan fingerprint density at radius 1 is 1.62 bits per heavy atom. The topological polar surface area (TPSA) is 52.8 Å². The van der Waals surface area contributed by atoms with Crippen LogP contribution in [0.1, 0.15) is 20.3 Å². The number of nitrogens with zero attached hydrogens (tertiary/aromatic N) is 1. The molecule has 0 aromatic rings. The number of rotatable bonds is 3. The molecule has 0 saturated heterocycles. The van der Waals surface area contributed by atoms with E-state index in [4.69, 9.17) is 5.11 Å². The lowest BCUT2D eigenvalue weighted by molar-refractivity contribution is 0.0969. The van der Waals surface area contributed by atoms with Gasteiger partial charge in [0.25, 0.3) is 0 Å². The third-order valence-corrected chi connectivity index (χ3v) is 2.81. The van der Waals surface area contributed by atoms with E-state index in [0.29, 0.717) is 6.42 Å². The van der Waals surface area contributed by atoms with Crippen molar-refractivity contribution in [2.45, 2.75) is 31.1 Å². The van der Waals surface area contributed by atoms with Crippen LogP contribution in [0, 0.1) is 0 Å². The van der Waals surface area contributed by atoms with Gasteiger partial charge in [-0.25, -0.2) is 0 Å². The van der Waals surface area contributed by atoms with Crippen molar-refractivity contribution in [3.05, 3.63) is 11.1 Å². The van der Waals surface area contributed by atoms with Crippen LogP contribution in [0.2, 0.25) is 0 Å². The molecule has 0 amide bonds. The van der Waals surface area contributed by atoms with Gasteiger partial charge < -0.3 is 10.2 Å². The molecule has 1 atom stereocenters. The zero-order chi connectivity index (χ0) is 9.90. The van der Waals surface area contributed by atoms with E-state index in [0.717, 1.165) is 4.91 Å². The summed E-state index contributed by atoms with van der Waals surface area (Å²) in [6.45, 7) is 3.95. The number of hydrogen-bond acceptors (Lipinski definition) is 4. The fourth-order valence-corrected chi connectivity index (χ4v) is 2.26. The van der Waals surface area contributed by atoms with Crippen LogP contribution < -0.4 is 0 Å². The molecule has 0 radical (unpaired) electrons. The third kappa shape index (κ3) is 3.50. The van der Waals surface area contributed by atoms with Gasteiger partial charge in [-0.2, -0.15) is 0 Å². The maximum atomic E-state index is 9.22. The van der Waals surface area contributed by atoms with E-state index in [1.807, 2.05) is 6.21 Å². The van der Waals surface area contributed by atoms with Crippen LogP contribution in [-0.2, 0) is 0 Å². The first kappa shape index (κ1) is 10.8. The Hall–Kier alpha value is -0.320. The fourth-order valence-electron chi connectivity index (χ4n) is 1.08. The molecule has 4 heteroatoms. The van der Waals surface area contributed by atoms with Crippen LogP contribution in [0.15, 0.2) is 16.1 Å². The highest BCUT2D eigenvalue weighted by molar-refractivity contribution is 8.05. The normalized spacial score (nSPS) is 22.6. The Labute approximate surface area is 82.6 Å². The molecule has 0 aromatic heterocycles. The third-order valence-electron chi connectivity index (χ3n) is 1.65. The van der Waals surface area contributed by atoms with Crippen molar-refractivity contribution < 1.29 is 10.2 Å². The monoisotopic (exact) mass is 201 g/mol. The lowest BCUT2D eigenvalue weighted by Crippen LogP contribution is -2.21. The van der Waals surface area contributed by atoms with Crippen molar-refractivity contribution in [1.29, 1.82) is 0 Å². The van der Waals surface area contributed by atoms with Gasteiger partial charge in [-0.05, 0) is 13.8 Å². The molecule has 74 valence electrons. The number of aliphatic hydroxyl groups is 2.